The highest BCUT2D eigenvalue weighted by atomic mass is 32.1. The van der Waals surface area contributed by atoms with Gasteiger partial charge in [0.2, 0.25) is 0 Å². The van der Waals surface area contributed by atoms with Crippen molar-refractivity contribution in [2.75, 3.05) is 11.1 Å². The number of aromatic nitrogens is 1. The van der Waals surface area contributed by atoms with Crippen LogP contribution in [0.3, 0.4) is 0 Å². The number of carboxylic acids is 1. The molecule has 0 aliphatic carbocycles. The van der Waals surface area contributed by atoms with Crippen LogP contribution < -0.4 is 11.1 Å². The van der Waals surface area contributed by atoms with Crippen molar-refractivity contribution < 1.29 is 9.90 Å². The lowest BCUT2D eigenvalue weighted by molar-refractivity contribution is 0.0698. The Labute approximate surface area is 115 Å². The Morgan fingerprint density at radius 1 is 1.47 bits per heavy atom. The Morgan fingerprint density at radius 2 is 2.21 bits per heavy atom. The molecule has 0 saturated carbocycles. The van der Waals surface area contributed by atoms with Crippen LogP contribution in [0.1, 0.15) is 26.5 Å². The minimum atomic E-state index is -1.02. The number of aromatic carboxylic acids is 1. The molecule has 0 unspecified atom stereocenters. The molecule has 2 rings (SSSR count). The summed E-state index contributed by atoms with van der Waals surface area (Å²) in [6.07, 6.45) is 0. The number of carbonyl (C=O) groups is 1. The minimum absolute atomic E-state index is 0.128. The minimum Gasteiger partial charge on any atom is -0.478 e. The Bertz CT molecular complexity index is 622. The number of aryl methyl sites for hydroxylation is 2. The number of hydrogen-bond acceptors (Lipinski definition) is 5. The predicted molar refractivity (Wildman–Crippen MR) is 76.7 cm³/mol. The van der Waals surface area contributed by atoms with Crippen LogP contribution in [0, 0.1) is 13.8 Å². The summed E-state index contributed by atoms with van der Waals surface area (Å²) >= 11 is 1.57. The summed E-state index contributed by atoms with van der Waals surface area (Å²) in [5.74, 6) is -1.02. The van der Waals surface area contributed by atoms with Gasteiger partial charge in [0.1, 0.15) is 0 Å². The third-order valence-electron chi connectivity index (χ3n) is 2.92. The first-order valence-corrected chi connectivity index (χ1v) is 6.63. The molecule has 4 N–H and O–H groups in total. The van der Waals surface area contributed by atoms with E-state index < -0.39 is 5.97 Å². The van der Waals surface area contributed by atoms with Crippen molar-refractivity contribution in [2.24, 2.45) is 0 Å². The van der Waals surface area contributed by atoms with E-state index in [1.165, 1.54) is 0 Å². The van der Waals surface area contributed by atoms with Gasteiger partial charge in [-0.2, -0.15) is 0 Å². The first-order chi connectivity index (χ1) is 8.99. The molecule has 1 aromatic heterocycles. The van der Waals surface area contributed by atoms with Crippen molar-refractivity contribution in [3.8, 4) is 0 Å². The van der Waals surface area contributed by atoms with Crippen LogP contribution in [0.15, 0.2) is 17.6 Å². The van der Waals surface area contributed by atoms with Gasteiger partial charge in [-0.15, -0.1) is 11.3 Å². The number of nitrogens with two attached hydrogens (primary N) is 1. The molecular weight excluding hydrogens is 262 g/mol. The van der Waals surface area contributed by atoms with Crippen molar-refractivity contribution in [3.63, 3.8) is 0 Å². The molecule has 0 aliphatic rings. The van der Waals surface area contributed by atoms with Gasteiger partial charge in [-0.05, 0) is 31.5 Å². The van der Waals surface area contributed by atoms with Gasteiger partial charge in [0.05, 0.1) is 23.3 Å². The number of benzene rings is 1. The summed E-state index contributed by atoms with van der Waals surface area (Å²) in [6.45, 7) is 4.37. The second-order valence-corrected chi connectivity index (χ2v) is 5.21. The predicted octanol–water partition coefficient (Wildman–Crippen LogP) is 2.65. The summed E-state index contributed by atoms with van der Waals surface area (Å²) in [4.78, 5) is 16.4. The number of anilines is 2. The first-order valence-electron chi connectivity index (χ1n) is 5.75. The molecular formula is C13H15N3O2S. The highest BCUT2D eigenvalue weighted by Gasteiger charge is 2.12. The van der Waals surface area contributed by atoms with Gasteiger partial charge in [-0.3, -0.25) is 0 Å². The molecule has 0 spiro atoms. The molecule has 1 heterocycles. The summed E-state index contributed by atoms with van der Waals surface area (Å²) < 4.78 is 0. The van der Waals surface area contributed by atoms with E-state index in [-0.39, 0.29) is 5.56 Å². The first kappa shape index (κ1) is 13.4. The van der Waals surface area contributed by atoms with Gasteiger partial charge >= 0.3 is 5.97 Å². The second kappa shape index (κ2) is 5.27. The van der Waals surface area contributed by atoms with E-state index in [9.17, 15) is 4.79 Å². The Kier molecular flexibility index (Phi) is 3.71. The summed E-state index contributed by atoms with van der Waals surface area (Å²) in [5, 5.41) is 12.3. The SMILES string of the molecule is Cc1cc(NCc2scnc2C)cc(C(=O)O)c1N. The largest absolute Gasteiger partial charge is 0.478 e. The normalized spacial score (nSPS) is 10.4. The molecule has 5 nitrogen and oxygen atoms in total. The average molecular weight is 277 g/mol. The number of rotatable bonds is 4. The van der Waals surface area contributed by atoms with Crippen molar-refractivity contribution in [3.05, 3.63) is 39.3 Å². The van der Waals surface area contributed by atoms with Crippen LogP contribution in [0.4, 0.5) is 11.4 Å². The highest BCUT2D eigenvalue weighted by Crippen LogP contribution is 2.24. The van der Waals surface area contributed by atoms with Gasteiger partial charge in [0.15, 0.2) is 0 Å². The molecule has 0 aliphatic heterocycles. The fraction of sp³-hybridized carbons (Fsp3) is 0.231. The zero-order valence-electron chi connectivity index (χ0n) is 10.7. The molecule has 0 fully saturated rings. The smallest absolute Gasteiger partial charge is 0.337 e. The highest BCUT2D eigenvalue weighted by molar-refractivity contribution is 7.09. The third kappa shape index (κ3) is 2.85. The Balaban J connectivity index is 2.22. The standard InChI is InChI=1S/C13H15N3O2S/c1-7-3-9(4-10(12(7)14)13(17)18)15-5-11-8(2)16-6-19-11/h3-4,6,15H,5,14H2,1-2H3,(H,17,18). The van der Waals surface area contributed by atoms with E-state index in [4.69, 9.17) is 10.8 Å². The number of carboxylic acid groups (broad SMARTS) is 1. The molecule has 0 bridgehead atoms. The van der Waals surface area contributed by atoms with Crippen molar-refractivity contribution in [1.82, 2.24) is 4.98 Å². The van der Waals surface area contributed by atoms with E-state index in [2.05, 4.69) is 10.3 Å². The van der Waals surface area contributed by atoms with Gasteiger partial charge in [0.25, 0.3) is 0 Å². The number of thiazole rings is 1. The summed E-state index contributed by atoms with van der Waals surface area (Å²) in [7, 11) is 0. The molecule has 19 heavy (non-hydrogen) atoms. The van der Waals surface area contributed by atoms with Crippen molar-refractivity contribution in [1.29, 1.82) is 0 Å². The van der Waals surface area contributed by atoms with Gasteiger partial charge in [-0.25, -0.2) is 9.78 Å². The van der Waals surface area contributed by atoms with E-state index in [1.807, 2.05) is 13.0 Å². The maximum absolute atomic E-state index is 11.1. The number of nitrogens with one attached hydrogen (secondary N) is 1. The molecule has 100 valence electrons. The van der Waals surface area contributed by atoms with Crippen LogP contribution in [-0.2, 0) is 6.54 Å². The van der Waals surface area contributed by atoms with Crippen LogP contribution in [-0.4, -0.2) is 16.1 Å². The maximum Gasteiger partial charge on any atom is 0.337 e. The number of hydrogen-bond donors (Lipinski definition) is 3. The number of nitrogen functional groups attached to an aromatic ring is 1. The molecule has 1 aromatic carbocycles. The van der Waals surface area contributed by atoms with Gasteiger partial charge < -0.3 is 16.2 Å². The fourth-order valence-corrected chi connectivity index (χ4v) is 2.47. The Morgan fingerprint density at radius 3 is 2.79 bits per heavy atom. The summed E-state index contributed by atoms with van der Waals surface area (Å²) in [6, 6.07) is 3.40. The summed E-state index contributed by atoms with van der Waals surface area (Å²) in [5.41, 5.74) is 10.5. The van der Waals surface area contributed by atoms with E-state index in [0.29, 0.717) is 12.2 Å². The van der Waals surface area contributed by atoms with Crippen LogP contribution in [0.25, 0.3) is 0 Å². The van der Waals surface area contributed by atoms with Crippen LogP contribution in [0.5, 0.6) is 0 Å². The van der Waals surface area contributed by atoms with E-state index in [1.54, 1.807) is 29.8 Å². The van der Waals surface area contributed by atoms with E-state index >= 15 is 0 Å². The zero-order chi connectivity index (χ0) is 14.0. The zero-order valence-corrected chi connectivity index (χ0v) is 11.5. The van der Waals surface area contributed by atoms with Gasteiger partial charge in [0, 0.05) is 16.3 Å². The quantitative estimate of drug-likeness (QED) is 0.748. The van der Waals surface area contributed by atoms with Gasteiger partial charge in [-0.1, -0.05) is 0 Å². The topological polar surface area (TPSA) is 88.2 Å². The number of nitrogens with zero attached hydrogens (tertiary/aromatic N) is 1. The molecule has 2 aromatic rings. The van der Waals surface area contributed by atoms with E-state index in [0.717, 1.165) is 21.8 Å². The average Bonchev–Trinajstić information content (AvgIpc) is 2.76. The molecule has 0 radical (unpaired) electrons. The third-order valence-corrected chi connectivity index (χ3v) is 3.85. The second-order valence-electron chi connectivity index (χ2n) is 4.27. The fourth-order valence-electron chi connectivity index (χ4n) is 1.76. The van der Waals surface area contributed by atoms with Crippen molar-refractivity contribution in [2.45, 2.75) is 20.4 Å². The Hall–Kier alpha value is -2.08. The van der Waals surface area contributed by atoms with Crippen molar-refractivity contribution >= 4 is 28.7 Å². The lowest BCUT2D eigenvalue weighted by atomic mass is 10.1. The molecule has 0 amide bonds. The molecule has 0 saturated heterocycles. The molecule has 0 atom stereocenters. The monoisotopic (exact) mass is 277 g/mol. The maximum atomic E-state index is 11.1. The van der Waals surface area contributed by atoms with Crippen LogP contribution >= 0.6 is 11.3 Å². The molecule has 6 heteroatoms. The lowest BCUT2D eigenvalue weighted by Gasteiger charge is -2.11. The van der Waals surface area contributed by atoms with Crippen LogP contribution in [0.2, 0.25) is 0 Å². The lowest BCUT2D eigenvalue weighted by Crippen LogP contribution is -2.07.